The molecule has 1 saturated heterocycles. The van der Waals surface area contributed by atoms with E-state index in [-0.39, 0.29) is 17.6 Å². The van der Waals surface area contributed by atoms with Crippen LogP contribution >= 0.6 is 0 Å². The van der Waals surface area contributed by atoms with E-state index in [0.717, 1.165) is 57.1 Å². The lowest BCUT2D eigenvalue weighted by atomic mass is 10.3. The van der Waals surface area contributed by atoms with Crippen LogP contribution in [0.15, 0.2) is 40.2 Å². The summed E-state index contributed by atoms with van der Waals surface area (Å²) in [6.45, 7) is 4.80. The molecule has 0 amide bonds. The summed E-state index contributed by atoms with van der Waals surface area (Å²) in [6, 6.07) is 7.85. The van der Waals surface area contributed by atoms with Crippen molar-refractivity contribution in [3.63, 3.8) is 0 Å². The van der Waals surface area contributed by atoms with Crippen molar-refractivity contribution in [2.45, 2.75) is 18.9 Å². The van der Waals surface area contributed by atoms with Crippen LogP contribution in [0.4, 0.5) is 11.6 Å². The fraction of sp³-hybridized carbons (Fsp3) is 0.375. The quantitative estimate of drug-likeness (QED) is 0.257. The molecular weight excluding hydrogens is 478 g/mol. The summed E-state index contributed by atoms with van der Waals surface area (Å²) in [6.07, 6.45) is 5.21. The molecule has 0 unspecified atom stereocenters. The van der Waals surface area contributed by atoms with Gasteiger partial charge in [-0.15, -0.1) is 0 Å². The zero-order valence-electron chi connectivity index (χ0n) is 20.1. The minimum atomic E-state index is -0.506. The van der Waals surface area contributed by atoms with Gasteiger partial charge in [0.15, 0.2) is 5.65 Å². The first kappa shape index (κ1) is 23.2. The third kappa shape index (κ3) is 5.47. The zero-order valence-corrected chi connectivity index (χ0v) is 20.1. The maximum absolute atomic E-state index is 11.5. The van der Waals surface area contributed by atoms with E-state index in [1.54, 1.807) is 16.8 Å². The Morgan fingerprint density at radius 3 is 2.89 bits per heavy atom. The number of aromatic nitrogens is 6. The maximum atomic E-state index is 11.5. The third-order valence-corrected chi connectivity index (χ3v) is 6.13. The number of anilines is 2. The Morgan fingerprint density at radius 1 is 1.24 bits per heavy atom. The number of hydrogen-bond acceptors (Lipinski definition) is 10. The van der Waals surface area contributed by atoms with Gasteiger partial charge in [0, 0.05) is 36.6 Å². The van der Waals surface area contributed by atoms with Crippen molar-refractivity contribution in [3.05, 3.63) is 57.5 Å². The molecule has 3 aromatic heterocycles. The second kappa shape index (κ2) is 10.0. The van der Waals surface area contributed by atoms with Gasteiger partial charge in [0.2, 0.25) is 11.8 Å². The predicted octanol–water partition coefficient (Wildman–Crippen LogP) is -0.0883. The molecule has 37 heavy (non-hydrogen) atoms. The first-order valence-electron chi connectivity index (χ1n) is 12.2. The molecule has 13 nitrogen and oxygen atoms in total. The van der Waals surface area contributed by atoms with E-state index in [1.807, 2.05) is 24.3 Å². The normalized spacial score (nSPS) is 17.5. The van der Waals surface area contributed by atoms with Gasteiger partial charge in [0.1, 0.15) is 18.1 Å². The van der Waals surface area contributed by atoms with Crippen LogP contribution in [0.3, 0.4) is 0 Å². The van der Waals surface area contributed by atoms with Gasteiger partial charge in [0.25, 0.3) is 5.62 Å². The molecule has 0 spiro atoms. The van der Waals surface area contributed by atoms with Gasteiger partial charge >= 0.3 is 5.69 Å². The van der Waals surface area contributed by atoms with Gasteiger partial charge in [-0.25, -0.2) is 9.79 Å². The minimum Gasteiger partial charge on any atom is -0.493 e. The summed E-state index contributed by atoms with van der Waals surface area (Å²) in [5.74, 6) is 0.830. The molecule has 4 heterocycles. The third-order valence-electron chi connectivity index (χ3n) is 6.13. The number of nitrogens with one attached hydrogen (secondary N) is 3. The molecule has 2 aliphatic rings. The second-order valence-electron chi connectivity index (χ2n) is 8.98. The number of H-pyrrole nitrogens is 2. The minimum absolute atomic E-state index is 0.218. The van der Waals surface area contributed by atoms with Gasteiger partial charge in [-0.1, -0.05) is 6.07 Å². The number of aromatic amines is 2. The van der Waals surface area contributed by atoms with Crippen LogP contribution in [0.5, 0.6) is 11.6 Å². The monoisotopic (exact) mass is 505 g/mol. The zero-order chi connectivity index (χ0) is 25.2. The number of fused-ring (bicyclic) bond motifs is 1. The molecule has 1 aliphatic heterocycles. The molecule has 13 heteroatoms. The number of ether oxygens (including phenoxy) is 2. The lowest BCUT2D eigenvalue weighted by Gasteiger charge is -2.26. The Labute approximate surface area is 210 Å². The molecule has 6 rings (SSSR count). The summed E-state index contributed by atoms with van der Waals surface area (Å²) in [4.78, 5) is 32.6. The van der Waals surface area contributed by atoms with Crippen LogP contribution in [0.25, 0.3) is 11.7 Å². The van der Waals surface area contributed by atoms with E-state index in [4.69, 9.17) is 9.47 Å². The number of imidazole rings is 1. The molecule has 1 aliphatic carbocycles. The van der Waals surface area contributed by atoms with Crippen LogP contribution in [0.1, 0.15) is 18.5 Å². The molecule has 192 valence electrons. The molecule has 1 aromatic carbocycles. The Hall–Kier alpha value is -4.23. The molecule has 0 atom stereocenters. The number of morpholine rings is 1. The Kier molecular flexibility index (Phi) is 6.28. The van der Waals surface area contributed by atoms with E-state index in [0.29, 0.717) is 29.0 Å². The number of nitrogens with zero attached hydrogens (tertiary/aromatic N) is 6. The molecule has 1 saturated carbocycles. The van der Waals surface area contributed by atoms with Crippen LogP contribution in [0.2, 0.25) is 0 Å². The second-order valence-corrected chi connectivity index (χ2v) is 8.98. The van der Waals surface area contributed by atoms with Crippen LogP contribution < -0.4 is 26.6 Å². The van der Waals surface area contributed by atoms with E-state index in [1.165, 1.54) is 0 Å². The van der Waals surface area contributed by atoms with Gasteiger partial charge in [-0.3, -0.25) is 9.88 Å². The summed E-state index contributed by atoms with van der Waals surface area (Å²) in [5.41, 5.74) is 1.41. The summed E-state index contributed by atoms with van der Waals surface area (Å²) in [5, 5.41) is 18.2. The highest BCUT2D eigenvalue weighted by atomic mass is 16.5. The first-order chi connectivity index (χ1) is 18.1. The first-order valence-corrected chi connectivity index (χ1v) is 12.2. The highest BCUT2D eigenvalue weighted by Gasteiger charge is 2.21. The fourth-order valence-corrected chi connectivity index (χ4v) is 4.05. The molecule has 0 bridgehead atoms. The smallest absolute Gasteiger partial charge is 0.326 e. The molecule has 4 N–H and O–H groups in total. The van der Waals surface area contributed by atoms with Crippen LogP contribution in [-0.2, 0) is 4.74 Å². The van der Waals surface area contributed by atoms with E-state index < -0.39 is 5.69 Å². The van der Waals surface area contributed by atoms with Gasteiger partial charge in [0.05, 0.1) is 25.5 Å². The number of rotatable bonds is 8. The SMILES string of the molecule is O=c1[nH]c(O)c(/C=c2/cnn3c(=NC4CC4)nc(Nc4cccc(OCCN5CCOCC5)c4)nc23)[nH]1. The Morgan fingerprint density at radius 2 is 2.11 bits per heavy atom. The van der Waals surface area contributed by atoms with E-state index in [2.05, 4.69) is 40.2 Å². The lowest BCUT2D eigenvalue weighted by Crippen LogP contribution is -2.38. The average Bonchev–Trinajstić information content (AvgIpc) is 3.53. The predicted molar refractivity (Wildman–Crippen MR) is 134 cm³/mol. The highest BCUT2D eigenvalue weighted by molar-refractivity contribution is 5.60. The fourth-order valence-electron chi connectivity index (χ4n) is 4.05. The van der Waals surface area contributed by atoms with Crippen molar-refractivity contribution in [2.75, 3.05) is 44.8 Å². The van der Waals surface area contributed by atoms with Gasteiger partial charge < -0.3 is 24.9 Å². The van der Waals surface area contributed by atoms with Crippen molar-refractivity contribution in [1.29, 1.82) is 0 Å². The Balaban J connectivity index is 1.27. The summed E-state index contributed by atoms with van der Waals surface area (Å²) >= 11 is 0. The number of aromatic hydroxyl groups is 1. The maximum Gasteiger partial charge on any atom is 0.326 e. The lowest BCUT2D eigenvalue weighted by molar-refractivity contribution is 0.0322. The van der Waals surface area contributed by atoms with Crippen molar-refractivity contribution >= 4 is 23.4 Å². The number of benzene rings is 1. The Bertz CT molecular complexity index is 1580. The largest absolute Gasteiger partial charge is 0.493 e. The van der Waals surface area contributed by atoms with Crippen molar-refractivity contribution < 1.29 is 14.6 Å². The number of hydrogen-bond donors (Lipinski definition) is 4. The molecule has 2 fully saturated rings. The topological polar surface area (TPSA) is 158 Å². The van der Waals surface area contributed by atoms with Crippen molar-refractivity contribution in [1.82, 2.24) is 34.4 Å². The molecular formula is C24H27N9O4. The highest BCUT2D eigenvalue weighted by Crippen LogP contribution is 2.23. The van der Waals surface area contributed by atoms with E-state index in [9.17, 15) is 9.90 Å². The van der Waals surface area contributed by atoms with Gasteiger partial charge in [-0.05, 0) is 31.1 Å². The van der Waals surface area contributed by atoms with Crippen molar-refractivity contribution in [2.24, 2.45) is 4.99 Å². The average molecular weight is 506 g/mol. The summed E-state index contributed by atoms with van der Waals surface area (Å²) < 4.78 is 12.9. The van der Waals surface area contributed by atoms with Gasteiger partial charge in [-0.2, -0.15) is 19.6 Å². The molecule has 4 aromatic rings. The standard InChI is InChI=1S/C24H27N9O4/c34-21-19(28-24(35)30-21)12-15-14-25-33-20(15)29-22(31-23(33)27-16-4-5-16)26-17-2-1-3-18(13-17)37-11-8-32-6-9-36-10-7-32/h1-3,12-14,16,34H,4-11H2,(H,26,27,31)(H2,28,30,35)/b15-12-. The summed E-state index contributed by atoms with van der Waals surface area (Å²) in [7, 11) is 0. The molecule has 0 radical (unpaired) electrons. The van der Waals surface area contributed by atoms with Crippen LogP contribution in [0, 0.1) is 0 Å². The van der Waals surface area contributed by atoms with Crippen molar-refractivity contribution in [3.8, 4) is 11.6 Å². The van der Waals surface area contributed by atoms with E-state index >= 15 is 0 Å². The van der Waals surface area contributed by atoms with Crippen LogP contribution in [-0.4, -0.2) is 85.1 Å².